The van der Waals surface area contributed by atoms with Gasteiger partial charge < -0.3 is 19.5 Å². The van der Waals surface area contributed by atoms with Crippen molar-refractivity contribution in [3.05, 3.63) is 23.8 Å². The van der Waals surface area contributed by atoms with Crippen LogP contribution < -0.4 is 9.64 Å². The van der Waals surface area contributed by atoms with Crippen LogP contribution in [0.25, 0.3) is 0 Å². The molecule has 0 atom stereocenters. The van der Waals surface area contributed by atoms with Crippen molar-refractivity contribution in [2.24, 2.45) is 0 Å². The van der Waals surface area contributed by atoms with Gasteiger partial charge in [-0.3, -0.25) is 0 Å². The van der Waals surface area contributed by atoms with E-state index in [0.717, 1.165) is 24.5 Å². The van der Waals surface area contributed by atoms with Gasteiger partial charge in [0.1, 0.15) is 5.75 Å². The van der Waals surface area contributed by atoms with E-state index in [1.807, 2.05) is 6.92 Å². The van der Waals surface area contributed by atoms with E-state index in [9.17, 15) is 4.79 Å². The Morgan fingerprint density at radius 2 is 2.17 bits per heavy atom. The highest BCUT2D eigenvalue weighted by Crippen LogP contribution is 2.30. The highest BCUT2D eigenvalue weighted by atomic mass is 16.5. The molecule has 0 aromatic heterocycles. The Bertz CT molecular complexity index is 427. The Balaban J connectivity index is 2.32. The van der Waals surface area contributed by atoms with E-state index in [-0.39, 0.29) is 5.56 Å². The van der Waals surface area contributed by atoms with E-state index in [1.165, 1.54) is 0 Å². The molecule has 5 heteroatoms. The average molecular weight is 251 g/mol. The molecule has 18 heavy (non-hydrogen) atoms. The lowest BCUT2D eigenvalue weighted by atomic mass is 10.1. The standard InChI is InChI=1S/C13H17NO4/c1-2-18-12-4-3-10(13(15)16)9-11(12)14-5-7-17-8-6-14/h3-4,9H,2,5-8H2,1H3,(H,15,16). The van der Waals surface area contributed by atoms with Crippen LogP contribution in [-0.2, 0) is 4.74 Å². The second-order valence-electron chi connectivity index (χ2n) is 4.02. The van der Waals surface area contributed by atoms with Crippen molar-refractivity contribution >= 4 is 11.7 Å². The Morgan fingerprint density at radius 1 is 1.44 bits per heavy atom. The lowest BCUT2D eigenvalue weighted by Crippen LogP contribution is -2.36. The van der Waals surface area contributed by atoms with Gasteiger partial charge in [0.2, 0.25) is 0 Å². The molecule has 0 spiro atoms. The fraction of sp³-hybridized carbons (Fsp3) is 0.462. The summed E-state index contributed by atoms with van der Waals surface area (Å²) >= 11 is 0. The minimum absolute atomic E-state index is 0.278. The van der Waals surface area contributed by atoms with E-state index in [2.05, 4.69) is 4.90 Å². The van der Waals surface area contributed by atoms with Gasteiger partial charge >= 0.3 is 5.97 Å². The maximum atomic E-state index is 11.0. The zero-order valence-corrected chi connectivity index (χ0v) is 10.4. The molecule has 1 aromatic rings. The second-order valence-corrected chi connectivity index (χ2v) is 4.02. The van der Waals surface area contributed by atoms with E-state index >= 15 is 0 Å². The Labute approximate surface area is 106 Å². The Kier molecular flexibility index (Phi) is 4.04. The van der Waals surface area contributed by atoms with Gasteiger partial charge in [0.25, 0.3) is 0 Å². The van der Waals surface area contributed by atoms with Crippen molar-refractivity contribution in [1.82, 2.24) is 0 Å². The van der Waals surface area contributed by atoms with E-state index < -0.39 is 5.97 Å². The van der Waals surface area contributed by atoms with Crippen LogP contribution in [0.1, 0.15) is 17.3 Å². The van der Waals surface area contributed by atoms with Gasteiger partial charge in [-0.05, 0) is 25.1 Å². The van der Waals surface area contributed by atoms with Crippen molar-refractivity contribution in [2.45, 2.75) is 6.92 Å². The van der Waals surface area contributed by atoms with Crippen LogP contribution in [0.5, 0.6) is 5.75 Å². The predicted molar refractivity (Wildman–Crippen MR) is 67.6 cm³/mol. The third-order valence-corrected chi connectivity index (χ3v) is 2.86. The van der Waals surface area contributed by atoms with E-state index in [4.69, 9.17) is 14.6 Å². The molecule has 5 nitrogen and oxygen atoms in total. The number of ether oxygens (including phenoxy) is 2. The zero-order chi connectivity index (χ0) is 13.0. The molecule has 1 fully saturated rings. The summed E-state index contributed by atoms with van der Waals surface area (Å²) in [6.07, 6.45) is 0. The Morgan fingerprint density at radius 3 is 2.78 bits per heavy atom. The van der Waals surface area contributed by atoms with Gasteiger partial charge in [-0.1, -0.05) is 0 Å². The van der Waals surface area contributed by atoms with Gasteiger partial charge in [0.15, 0.2) is 0 Å². The second kappa shape index (κ2) is 5.73. The predicted octanol–water partition coefficient (Wildman–Crippen LogP) is 1.62. The average Bonchev–Trinajstić information content (AvgIpc) is 2.40. The number of hydrogen-bond acceptors (Lipinski definition) is 4. The van der Waals surface area contributed by atoms with Crippen LogP contribution >= 0.6 is 0 Å². The number of carbonyl (C=O) groups is 1. The number of rotatable bonds is 4. The van der Waals surface area contributed by atoms with Crippen molar-refractivity contribution in [3.8, 4) is 5.75 Å². The van der Waals surface area contributed by atoms with Crippen LogP contribution in [0, 0.1) is 0 Å². The molecule has 0 bridgehead atoms. The molecule has 0 amide bonds. The largest absolute Gasteiger partial charge is 0.492 e. The van der Waals surface area contributed by atoms with Crippen LogP contribution in [-0.4, -0.2) is 44.0 Å². The maximum Gasteiger partial charge on any atom is 0.335 e. The highest BCUT2D eigenvalue weighted by Gasteiger charge is 2.17. The molecule has 0 radical (unpaired) electrons. The lowest BCUT2D eigenvalue weighted by molar-refractivity contribution is 0.0697. The monoisotopic (exact) mass is 251 g/mol. The van der Waals surface area contributed by atoms with Crippen LogP contribution in [0.2, 0.25) is 0 Å². The molecule has 1 heterocycles. The number of hydrogen-bond donors (Lipinski definition) is 1. The minimum atomic E-state index is -0.924. The normalized spacial score (nSPS) is 15.5. The molecule has 1 saturated heterocycles. The molecular formula is C13H17NO4. The summed E-state index contributed by atoms with van der Waals surface area (Å²) in [6.45, 7) is 5.29. The van der Waals surface area contributed by atoms with E-state index in [1.54, 1.807) is 18.2 Å². The fourth-order valence-corrected chi connectivity index (χ4v) is 1.98. The molecule has 0 aliphatic carbocycles. The maximum absolute atomic E-state index is 11.0. The van der Waals surface area contributed by atoms with Gasteiger partial charge in [0, 0.05) is 13.1 Å². The number of anilines is 1. The van der Waals surface area contributed by atoms with Crippen molar-refractivity contribution in [2.75, 3.05) is 37.8 Å². The summed E-state index contributed by atoms with van der Waals surface area (Å²) in [7, 11) is 0. The van der Waals surface area contributed by atoms with Crippen molar-refractivity contribution in [1.29, 1.82) is 0 Å². The first kappa shape index (κ1) is 12.7. The first-order chi connectivity index (χ1) is 8.72. The van der Waals surface area contributed by atoms with Crippen molar-refractivity contribution < 1.29 is 19.4 Å². The first-order valence-electron chi connectivity index (χ1n) is 6.05. The molecule has 1 aliphatic heterocycles. The summed E-state index contributed by atoms with van der Waals surface area (Å²) < 4.78 is 10.8. The third kappa shape index (κ3) is 2.73. The highest BCUT2D eigenvalue weighted by molar-refractivity contribution is 5.89. The van der Waals surface area contributed by atoms with Gasteiger partial charge in [-0.15, -0.1) is 0 Å². The topological polar surface area (TPSA) is 59.0 Å². The molecular weight excluding hydrogens is 234 g/mol. The zero-order valence-electron chi connectivity index (χ0n) is 10.4. The number of carboxylic acid groups (broad SMARTS) is 1. The van der Waals surface area contributed by atoms with Crippen LogP contribution in [0.15, 0.2) is 18.2 Å². The summed E-state index contributed by atoms with van der Waals surface area (Å²) in [5.41, 5.74) is 1.11. The number of benzene rings is 1. The summed E-state index contributed by atoms with van der Waals surface area (Å²) in [5, 5.41) is 9.04. The molecule has 0 saturated carbocycles. The van der Waals surface area contributed by atoms with Crippen molar-refractivity contribution in [3.63, 3.8) is 0 Å². The lowest BCUT2D eigenvalue weighted by Gasteiger charge is -2.30. The summed E-state index contributed by atoms with van der Waals surface area (Å²) in [4.78, 5) is 13.1. The molecule has 98 valence electrons. The van der Waals surface area contributed by atoms with Gasteiger partial charge in [-0.25, -0.2) is 4.79 Å². The molecule has 0 unspecified atom stereocenters. The molecule has 1 aromatic carbocycles. The number of nitrogens with zero attached hydrogens (tertiary/aromatic N) is 1. The fourth-order valence-electron chi connectivity index (χ4n) is 1.98. The number of aromatic carboxylic acids is 1. The third-order valence-electron chi connectivity index (χ3n) is 2.86. The minimum Gasteiger partial charge on any atom is -0.492 e. The van der Waals surface area contributed by atoms with Crippen LogP contribution in [0.4, 0.5) is 5.69 Å². The van der Waals surface area contributed by atoms with Crippen LogP contribution in [0.3, 0.4) is 0 Å². The molecule has 1 aliphatic rings. The smallest absolute Gasteiger partial charge is 0.335 e. The van der Waals surface area contributed by atoms with Gasteiger partial charge in [-0.2, -0.15) is 0 Å². The Hall–Kier alpha value is -1.75. The number of carboxylic acids is 1. The molecule has 2 rings (SSSR count). The van der Waals surface area contributed by atoms with E-state index in [0.29, 0.717) is 19.8 Å². The number of morpholine rings is 1. The first-order valence-corrected chi connectivity index (χ1v) is 6.05. The summed E-state index contributed by atoms with van der Waals surface area (Å²) in [6, 6.07) is 4.95. The molecule has 1 N–H and O–H groups in total. The van der Waals surface area contributed by atoms with Gasteiger partial charge in [0.05, 0.1) is 31.1 Å². The SMILES string of the molecule is CCOc1ccc(C(=O)O)cc1N1CCOCC1. The quantitative estimate of drug-likeness (QED) is 0.881. The summed E-state index contributed by atoms with van der Waals surface area (Å²) in [5.74, 6) is -0.197.